The Morgan fingerprint density at radius 2 is 2.00 bits per heavy atom. The summed E-state index contributed by atoms with van der Waals surface area (Å²) in [6.45, 7) is 5.28. The van der Waals surface area contributed by atoms with Crippen LogP contribution in [0.2, 0.25) is 0 Å². The van der Waals surface area contributed by atoms with Crippen molar-refractivity contribution >= 4 is 28.8 Å². The van der Waals surface area contributed by atoms with Crippen LogP contribution in [0.15, 0.2) is 52.3 Å². The topological polar surface area (TPSA) is 62.6 Å². The monoisotopic (exact) mass is 408 g/mol. The number of nitrogens with zero attached hydrogens (tertiary/aromatic N) is 1. The number of carbonyl (C=O) groups excluding carboxylic acids is 2. The van der Waals surface area contributed by atoms with Gasteiger partial charge in [0, 0.05) is 42.7 Å². The Balaban J connectivity index is 1.45. The van der Waals surface area contributed by atoms with Crippen molar-refractivity contribution in [3.8, 4) is 11.3 Å². The van der Waals surface area contributed by atoms with Gasteiger partial charge in [0.05, 0.1) is 4.88 Å². The lowest BCUT2D eigenvalue weighted by Gasteiger charge is -2.25. The lowest BCUT2D eigenvalue weighted by molar-refractivity contribution is -0.116. The first kappa shape index (κ1) is 19.5. The number of hydrogen-bond donors (Lipinski definition) is 1. The SMILES string of the molecule is CC(C)CC(=O)Nc1ccc(-c2cc3c(o2)CCN(C(=O)c2cccs2)C3)cc1. The highest BCUT2D eigenvalue weighted by atomic mass is 32.1. The van der Waals surface area contributed by atoms with Gasteiger partial charge in [-0.2, -0.15) is 0 Å². The van der Waals surface area contributed by atoms with Crippen molar-refractivity contribution in [3.63, 3.8) is 0 Å². The van der Waals surface area contributed by atoms with Crippen molar-refractivity contribution in [1.29, 1.82) is 0 Å². The number of carbonyl (C=O) groups is 2. The molecule has 1 aromatic carbocycles. The number of benzene rings is 1. The van der Waals surface area contributed by atoms with Gasteiger partial charge in [-0.15, -0.1) is 11.3 Å². The fraction of sp³-hybridized carbons (Fsp3) is 0.304. The zero-order valence-electron chi connectivity index (χ0n) is 16.6. The van der Waals surface area contributed by atoms with Crippen molar-refractivity contribution in [1.82, 2.24) is 4.90 Å². The standard InChI is InChI=1S/C23H24N2O3S/c1-15(2)12-22(26)24-18-7-5-16(6-8-18)20-13-17-14-25(10-9-19(17)28-20)23(27)21-4-3-11-29-21/h3-8,11,13,15H,9-10,12,14H2,1-2H3,(H,24,26). The lowest BCUT2D eigenvalue weighted by Crippen LogP contribution is -2.35. The fourth-order valence-electron chi connectivity index (χ4n) is 3.51. The number of furan rings is 1. The van der Waals surface area contributed by atoms with Crippen LogP contribution in [0, 0.1) is 5.92 Å². The van der Waals surface area contributed by atoms with Gasteiger partial charge in [0.2, 0.25) is 5.91 Å². The zero-order valence-corrected chi connectivity index (χ0v) is 17.4. The number of hydrogen-bond acceptors (Lipinski definition) is 4. The van der Waals surface area contributed by atoms with E-state index in [0.717, 1.165) is 39.6 Å². The Morgan fingerprint density at radius 3 is 2.69 bits per heavy atom. The number of thiophene rings is 1. The third-order valence-electron chi connectivity index (χ3n) is 4.93. The first-order valence-electron chi connectivity index (χ1n) is 9.84. The number of rotatable bonds is 5. The van der Waals surface area contributed by atoms with E-state index in [9.17, 15) is 9.59 Å². The summed E-state index contributed by atoms with van der Waals surface area (Å²) in [5.41, 5.74) is 2.80. The maximum absolute atomic E-state index is 12.6. The second-order valence-electron chi connectivity index (χ2n) is 7.74. The van der Waals surface area contributed by atoms with E-state index in [1.807, 2.05) is 66.6 Å². The fourth-order valence-corrected chi connectivity index (χ4v) is 4.20. The Morgan fingerprint density at radius 1 is 1.21 bits per heavy atom. The summed E-state index contributed by atoms with van der Waals surface area (Å²) in [6, 6.07) is 13.5. The zero-order chi connectivity index (χ0) is 20.4. The molecule has 3 heterocycles. The van der Waals surface area contributed by atoms with E-state index in [-0.39, 0.29) is 11.8 Å². The maximum atomic E-state index is 12.6. The van der Waals surface area contributed by atoms with Gasteiger partial charge >= 0.3 is 0 Å². The molecule has 0 fully saturated rings. The van der Waals surface area contributed by atoms with E-state index < -0.39 is 0 Å². The molecule has 1 N–H and O–H groups in total. The molecule has 0 atom stereocenters. The van der Waals surface area contributed by atoms with Crippen LogP contribution >= 0.6 is 11.3 Å². The summed E-state index contributed by atoms with van der Waals surface area (Å²) in [5, 5.41) is 4.84. The molecule has 2 amide bonds. The van der Waals surface area contributed by atoms with Crippen molar-refractivity contribution in [2.24, 2.45) is 5.92 Å². The van der Waals surface area contributed by atoms with Gasteiger partial charge < -0.3 is 14.6 Å². The normalized spacial score (nSPS) is 13.4. The van der Waals surface area contributed by atoms with Gasteiger partial charge in [-0.3, -0.25) is 9.59 Å². The summed E-state index contributed by atoms with van der Waals surface area (Å²) >= 11 is 1.47. The summed E-state index contributed by atoms with van der Waals surface area (Å²) in [5.74, 6) is 2.17. The first-order chi connectivity index (χ1) is 14.0. The van der Waals surface area contributed by atoms with Crippen LogP contribution in [0.4, 0.5) is 5.69 Å². The van der Waals surface area contributed by atoms with Gasteiger partial charge in [0.15, 0.2) is 0 Å². The van der Waals surface area contributed by atoms with E-state index in [4.69, 9.17) is 4.42 Å². The van der Waals surface area contributed by atoms with Crippen LogP contribution in [0.1, 0.15) is 41.3 Å². The molecule has 1 aliphatic rings. The van der Waals surface area contributed by atoms with Gasteiger partial charge in [-0.1, -0.05) is 19.9 Å². The minimum absolute atomic E-state index is 0.0247. The molecule has 3 aromatic rings. The largest absolute Gasteiger partial charge is 0.461 e. The third-order valence-corrected chi connectivity index (χ3v) is 5.79. The molecule has 150 valence electrons. The molecule has 0 spiro atoms. The molecule has 0 unspecified atom stereocenters. The number of anilines is 1. The molecule has 0 bridgehead atoms. The third kappa shape index (κ3) is 4.43. The van der Waals surface area contributed by atoms with Gasteiger partial charge in [-0.25, -0.2) is 0 Å². The Hall–Kier alpha value is -2.86. The predicted molar refractivity (Wildman–Crippen MR) is 115 cm³/mol. The van der Waals surface area contributed by atoms with E-state index in [2.05, 4.69) is 5.32 Å². The van der Waals surface area contributed by atoms with Crippen molar-refractivity contribution in [3.05, 3.63) is 64.0 Å². The molecule has 6 heteroatoms. The van der Waals surface area contributed by atoms with Crippen LogP contribution in [0.5, 0.6) is 0 Å². The Bertz CT molecular complexity index is 1000. The summed E-state index contributed by atoms with van der Waals surface area (Å²) in [4.78, 5) is 27.2. The highest BCUT2D eigenvalue weighted by Crippen LogP contribution is 2.31. The highest BCUT2D eigenvalue weighted by molar-refractivity contribution is 7.12. The van der Waals surface area contributed by atoms with Crippen LogP contribution < -0.4 is 5.32 Å². The summed E-state index contributed by atoms with van der Waals surface area (Å²) in [6.07, 6.45) is 1.23. The number of fused-ring (bicyclic) bond motifs is 1. The van der Waals surface area contributed by atoms with Crippen LogP contribution in [0.25, 0.3) is 11.3 Å². The van der Waals surface area contributed by atoms with E-state index in [1.54, 1.807) is 0 Å². The molecule has 0 saturated heterocycles. The van der Waals surface area contributed by atoms with Crippen molar-refractivity contribution in [2.75, 3.05) is 11.9 Å². The molecule has 0 aliphatic carbocycles. The Labute approximate surface area is 174 Å². The van der Waals surface area contributed by atoms with Gasteiger partial charge in [0.1, 0.15) is 11.5 Å². The second kappa shape index (κ2) is 8.25. The van der Waals surface area contributed by atoms with E-state index in [1.165, 1.54) is 11.3 Å². The molecule has 1 aliphatic heterocycles. The van der Waals surface area contributed by atoms with Crippen LogP contribution in [-0.2, 0) is 17.8 Å². The molecule has 0 saturated carbocycles. The first-order valence-corrected chi connectivity index (χ1v) is 10.7. The predicted octanol–water partition coefficient (Wildman–Crippen LogP) is 5.19. The molecule has 5 nitrogen and oxygen atoms in total. The molecule has 2 aromatic heterocycles. The van der Waals surface area contributed by atoms with Gasteiger partial charge in [0.25, 0.3) is 5.91 Å². The highest BCUT2D eigenvalue weighted by Gasteiger charge is 2.25. The number of nitrogens with one attached hydrogen (secondary N) is 1. The molecule has 29 heavy (non-hydrogen) atoms. The van der Waals surface area contributed by atoms with Crippen LogP contribution in [-0.4, -0.2) is 23.3 Å². The summed E-state index contributed by atoms with van der Waals surface area (Å²) < 4.78 is 6.06. The Kier molecular flexibility index (Phi) is 5.53. The average molecular weight is 409 g/mol. The second-order valence-corrected chi connectivity index (χ2v) is 8.68. The smallest absolute Gasteiger partial charge is 0.264 e. The lowest BCUT2D eigenvalue weighted by atomic mass is 10.1. The molecule has 0 radical (unpaired) electrons. The molecule has 4 rings (SSSR count). The van der Waals surface area contributed by atoms with Gasteiger partial charge in [-0.05, 0) is 47.7 Å². The van der Waals surface area contributed by atoms with Crippen LogP contribution in [0.3, 0.4) is 0 Å². The summed E-state index contributed by atoms with van der Waals surface area (Å²) in [7, 11) is 0. The minimum atomic E-state index is 0.0247. The molecular weight excluding hydrogens is 384 g/mol. The average Bonchev–Trinajstić information content (AvgIpc) is 3.36. The quantitative estimate of drug-likeness (QED) is 0.632. The number of amides is 2. The van der Waals surface area contributed by atoms with E-state index >= 15 is 0 Å². The van der Waals surface area contributed by atoms with E-state index in [0.29, 0.717) is 25.4 Å². The minimum Gasteiger partial charge on any atom is -0.461 e. The van der Waals surface area contributed by atoms with Crippen molar-refractivity contribution in [2.45, 2.75) is 33.2 Å². The van der Waals surface area contributed by atoms with Crippen molar-refractivity contribution < 1.29 is 14.0 Å². The molecular formula is C23H24N2O3S. The maximum Gasteiger partial charge on any atom is 0.264 e.